The van der Waals surface area contributed by atoms with Crippen LogP contribution < -0.4 is 10.2 Å². The molecule has 21 heavy (non-hydrogen) atoms. The maximum atomic E-state index is 5.26. The van der Waals surface area contributed by atoms with E-state index < -0.39 is 0 Å². The van der Waals surface area contributed by atoms with E-state index in [1.54, 1.807) is 7.11 Å². The van der Waals surface area contributed by atoms with Crippen molar-refractivity contribution < 1.29 is 4.74 Å². The lowest BCUT2D eigenvalue weighted by molar-refractivity contribution is 0.202. The molecule has 0 amide bonds. The lowest BCUT2D eigenvalue weighted by atomic mass is 9.98. The van der Waals surface area contributed by atoms with E-state index in [1.807, 2.05) is 0 Å². The lowest BCUT2D eigenvalue weighted by Crippen LogP contribution is -2.56. The summed E-state index contributed by atoms with van der Waals surface area (Å²) in [6, 6.07) is 9.92. The summed E-state index contributed by atoms with van der Waals surface area (Å²) in [4.78, 5) is 2.58. The largest absolute Gasteiger partial charge is 0.384 e. The molecule has 118 valence electrons. The van der Waals surface area contributed by atoms with Gasteiger partial charge in [-0.15, -0.1) is 0 Å². The number of piperazine rings is 1. The van der Waals surface area contributed by atoms with Crippen LogP contribution in [0.15, 0.2) is 24.3 Å². The van der Waals surface area contributed by atoms with Crippen molar-refractivity contribution in [1.29, 1.82) is 0 Å². The summed E-state index contributed by atoms with van der Waals surface area (Å²) in [5, 5.41) is 3.70. The average molecular weight is 290 g/mol. The molecule has 2 unspecified atom stereocenters. The number of benzene rings is 1. The first kappa shape index (κ1) is 16.3. The van der Waals surface area contributed by atoms with E-state index in [2.05, 4.69) is 55.3 Å². The van der Waals surface area contributed by atoms with Gasteiger partial charge in [0.2, 0.25) is 0 Å². The van der Waals surface area contributed by atoms with Gasteiger partial charge in [-0.25, -0.2) is 0 Å². The van der Waals surface area contributed by atoms with Crippen molar-refractivity contribution >= 4 is 5.69 Å². The van der Waals surface area contributed by atoms with Crippen LogP contribution in [0.3, 0.4) is 0 Å². The molecule has 1 fully saturated rings. The third-order valence-electron chi connectivity index (χ3n) is 4.28. The molecule has 3 heteroatoms. The third kappa shape index (κ3) is 4.45. The molecule has 1 saturated heterocycles. The minimum atomic E-state index is 0.539. The monoisotopic (exact) mass is 290 g/mol. The normalized spacial score (nSPS) is 22.8. The molecule has 0 saturated carbocycles. The second-order valence-electron chi connectivity index (χ2n) is 6.61. The second kappa shape index (κ2) is 7.81. The summed E-state index contributed by atoms with van der Waals surface area (Å²) in [5.41, 5.74) is 2.79. The Morgan fingerprint density at radius 1 is 1.33 bits per heavy atom. The van der Waals surface area contributed by atoms with Crippen molar-refractivity contribution in [2.75, 3.05) is 31.7 Å². The molecule has 1 N–H and O–H groups in total. The summed E-state index contributed by atoms with van der Waals surface area (Å²) < 4.78 is 5.26. The molecule has 1 aliphatic heterocycles. The van der Waals surface area contributed by atoms with Crippen molar-refractivity contribution in [3.8, 4) is 0 Å². The predicted molar refractivity (Wildman–Crippen MR) is 90.1 cm³/mol. The maximum Gasteiger partial charge on any atom is 0.0503 e. The fourth-order valence-corrected chi connectivity index (χ4v) is 3.21. The molecule has 0 radical (unpaired) electrons. The van der Waals surface area contributed by atoms with Gasteiger partial charge in [0.1, 0.15) is 0 Å². The Balaban J connectivity index is 2.14. The fourth-order valence-electron chi connectivity index (χ4n) is 3.21. The Hall–Kier alpha value is -1.06. The molecule has 0 aliphatic carbocycles. The van der Waals surface area contributed by atoms with Gasteiger partial charge < -0.3 is 15.0 Å². The highest BCUT2D eigenvalue weighted by molar-refractivity contribution is 5.55. The highest BCUT2D eigenvalue weighted by Crippen LogP contribution is 2.26. The highest BCUT2D eigenvalue weighted by atomic mass is 16.5. The molecule has 0 aromatic heterocycles. The Morgan fingerprint density at radius 3 is 2.81 bits per heavy atom. The van der Waals surface area contributed by atoms with Crippen molar-refractivity contribution in [2.45, 2.75) is 45.7 Å². The van der Waals surface area contributed by atoms with E-state index in [1.165, 1.54) is 17.7 Å². The SMILES string of the molecule is COCCc1ccccc1N1CC(CC(C)C)NCC1C. The Bertz CT molecular complexity index is 433. The molecular formula is C18H30N2O. The third-order valence-corrected chi connectivity index (χ3v) is 4.28. The van der Waals surface area contributed by atoms with Crippen LogP contribution in [0.1, 0.15) is 32.8 Å². The van der Waals surface area contributed by atoms with Crippen molar-refractivity contribution in [1.82, 2.24) is 5.32 Å². The Kier molecular flexibility index (Phi) is 6.07. The van der Waals surface area contributed by atoms with Crippen LogP contribution >= 0.6 is 0 Å². The van der Waals surface area contributed by atoms with Crippen LogP contribution in [-0.4, -0.2) is 38.9 Å². The molecule has 1 heterocycles. The van der Waals surface area contributed by atoms with Crippen LogP contribution in [-0.2, 0) is 11.2 Å². The molecule has 2 atom stereocenters. The van der Waals surface area contributed by atoms with Crippen molar-refractivity contribution in [3.05, 3.63) is 29.8 Å². The minimum Gasteiger partial charge on any atom is -0.384 e. The second-order valence-corrected chi connectivity index (χ2v) is 6.61. The van der Waals surface area contributed by atoms with Gasteiger partial charge in [-0.3, -0.25) is 0 Å². The van der Waals surface area contributed by atoms with Gasteiger partial charge in [0.05, 0.1) is 6.61 Å². The molecule has 0 spiro atoms. The highest BCUT2D eigenvalue weighted by Gasteiger charge is 2.26. The molecule has 0 bridgehead atoms. The zero-order valence-electron chi connectivity index (χ0n) is 13.9. The number of anilines is 1. The van der Waals surface area contributed by atoms with E-state index in [9.17, 15) is 0 Å². The topological polar surface area (TPSA) is 24.5 Å². The predicted octanol–water partition coefficient (Wildman–Crippen LogP) is 3.09. The average Bonchev–Trinajstić information content (AvgIpc) is 2.47. The summed E-state index contributed by atoms with van der Waals surface area (Å²) in [6.45, 7) is 9.87. The van der Waals surface area contributed by atoms with E-state index >= 15 is 0 Å². The number of nitrogens with one attached hydrogen (secondary N) is 1. The maximum absolute atomic E-state index is 5.26. The van der Waals surface area contributed by atoms with Crippen molar-refractivity contribution in [3.63, 3.8) is 0 Å². The zero-order chi connectivity index (χ0) is 15.2. The minimum absolute atomic E-state index is 0.539. The Morgan fingerprint density at radius 2 is 2.10 bits per heavy atom. The number of hydrogen-bond acceptors (Lipinski definition) is 3. The zero-order valence-corrected chi connectivity index (χ0v) is 13.9. The van der Waals surface area contributed by atoms with E-state index in [-0.39, 0.29) is 0 Å². The number of nitrogens with zero attached hydrogens (tertiary/aromatic N) is 1. The molecule has 1 aromatic carbocycles. The van der Waals surface area contributed by atoms with Gasteiger partial charge in [-0.05, 0) is 37.3 Å². The van der Waals surface area contributed by atoms with Gasteiger partial charge >= 0.3 is 0 Å². The van der Waals surface area contributed by atoms with Gasteiger partial charge in [0.15, 0.2) is 0 Å². The molecule has 1 aromatic rings. The number of rotatable bonds is 6. The summed E-state index contributed by atoms with van der Waals surface area (Å²) in [5.74, 6) is 0.737. The smallest absolute Gasteiger partial charge is 0.0503 e. The lowest BCUT2D eigenvalue weighted by Gasteiger charge is -2.42. The van der Waals surface area contributed by atoms with Gasteiger partial charge in [0, 0.05) is 38.0 Å². The van der Waals surface area contributed by atoms with E-state index in [4.69, 9.17) is 4.74 Å². The van der Waals surface area contributed by atoms with Gasteiger partial charge in [-0.1, -0.05) is 32.0 Å². The Labute approximate surface area is 129 Å². The van der Waals surface area contributed by atoms with Gasteiger partial charge in [0.25, 0.3) is 0 Å². The van der Waals surface area contributed by atoms with Crippen LogP contribution in [0.2, 0.25) is 0 Å². The number of para-hydroxylation sites is 1. The van der Waals surface area contributed by atoms with Crippen LogP contribution in [0.25, 0.3) is 0 Å². The molecule has 2 rings (SSSR count). The first-order valence-corrected chi connectivity index (χ1v) is 8.18. The number of ether oxygens (including phenoxy) is 1. The van der Waals surface area contributed by atoms with E-state index in [0.29, 0.717) is 12.1 Å². The van der Waals surface area contributed by atoms with E-state index in [0.717, 1.165) is 32.0 Å². The van der Waals surface area contributed by atoms with Crippen LogP contribution in [0.5, 0.6) is 0 Å². The summed E-state index contributed by atoms with van der Waals surface area (Å²) >= 11 is 0. The first-order valence-electron chi connectivity index (χ1n) is 8.18. The standard InChI is InChI=1S/C18H30N2O/c1-14(2)11-17-13-20(15(3)12-19-17)18-8-6-5-7-16(18)9-10-21-4/h5-8,14-15,17,19H,9-13H2,1-4H3. The van der Waals surface area contributed by atoms with Crippen LogP contribution in [0.4, 0.5) is 5.69 Å². The molecule has 1 aliphatic rings. The summed E-state index contributed by atoms with van der Waals surface area (Å²) in [6.07, 6.45) is 2.22. The molecular weight excluding hydrogens is 260 g/mol. The number of hydrogen-bond donors (Lipinski definition) is 1. The quantitative estimate of drug-likeness (QED) is 0.871. The van der Waals surface area contributed by atoms with Crippen LogP contribution in [0, 0.1) is 5.92 Å². The van der Waals surface area contributed by atoms with Gasteiger partial charge in [-0.2, -0.15) is 0 Å². The molecule has 3 nitrogen and oxygen atoms in total. The van der Waals surface area contributed by atoms with Crippen molar-refractivity contribution in [2.24, 2.45) is 5.92 Å². The summed E-state index contributed by atoms with van der Waals surface area (Å²) in [7, 11) is 1.77. The fraction of sp³-hybridized carbons (Fsp3) is 0.667. The number of methoxy groups -OCH3 is 1. The first-order chi connectivity index (χ1) is 10.1.